The molecule has 18 heavy (non-hydrogen) atoms. The van der Waals surface area contributed by atoms with Crippen molar-refractivity contribution in [2.45, 2.75) is 6.42 Å². The Morgan fingerprint density at radius 1 is 1.39 bits per heavy atom. The molecule has 1 aliphatic rings. The van der Waals surface area contributed by atoms with Gasteiger partial charge in [-0.2, -0.15) is 0 Å². The fourth-order valence-electron chi connectivity index (χ4n) is 1.92. The normalized spacial score (nSPS) is 14.6. The molecule has 0 unspecified atom stereocenters. The second kappa shape index (κ2) is 4.87. The van der Waals surface area contributed by atoms with Crippen molar-refractivity contribution < 1.29 is 14.8 Å². The minimum Gasteiger partial charge on any atom is -0.477 e. The molecule has 0 aromatic heterocycles. The van der Waals surface area contributed by atoms with Gasteiger partial charge in [0.05, 0.1) is 4.92 Å². The summed E-state index contributed by atoms with van der Waals surface area (Å²) in [6, 6.07) is 4.21. The van der Waals surface area contributed by atoms with Crippen molar-refractivity contribution in [2.75, 3.05) is 18.0 Å². The van der Waals surface area contributed by atoms with E-state index in [2.05, 4.69) is 6.08 Å². The number of hydrogen-bond acceptors (Lipinski definition) is 4. The van der Waals surface area contributed by atoms with Crippen LogP contribution in [0.15, 0.2) is 30.4 Å². The van der Waals surface area contributed by atoms with Crippen LogP contribution in [0.2, 0.25) is 0 Å². The minimum absolute atomic E-state index is 0.281. The van der Waals surface area contributed by atoms with Gasteiger partial charge in [-0.25, -0.2) is 4.79 Å². The highest BCUT2D eigenvalue weighted by Gasteiger charge is 2.21. The topological polar surface area (TPSA) is 83.7 Å². The molecule has 94 valence electrons. The predicted octanol–water partition coefficient (Wildman–Crippen LogP) is 2.06. The van der Waals surface area contributed by atoms with Crippen LogP contribution in [0.25, 0.3) is 0 Å². The molecule has 1 aliphatic heterocycles. The number of nitrogens with zero attached hydrogens (tertiary/aromatic N) is 2. The second-order valence-corrected chi connectivity index (χ2v) is 3.97. The van der Waals surface area contributed by atoms with Gasteiger partial charge in [-0.15, -0.1) is 0 Å². The summed E-state index contributed by atoms with van der Waals surface area (Å²) >= 11 is 0. The van der Waals surface area contributed by atoms with Crippen molar-refractivity contribution in [2.24, 2.45) is 0 Å². The van der Waals surface area contributed by atoms with Crippen LogP contribution in [-0.2, 0) is 0 Å². The Morgan fingerprint density at radius 3 is 2.72 bits per heavy atom. The Kier molecular flexibility index (Phi) is 3.27. The molecule has 0 saturated carbocycles. The van der Waals surface area contributed by atoms with Crippen molar-refractivity contribution in [1.29, 1.82) is 0 Å². The largest absolute Gasteiger partial charge is 0.477 e. The fraction of sp³-hybridized carbons (Fsp3) is 0.250. The summed E-state index contributed by atoms with van der Waals surface area (Å²) in [5.41, 5.74) is 0.0295. The summed E-state index contributed by atoms with van der Waals surface area (Å²) in [6.07, 6.45) is 4.92. The number of anilines is 1. The monoisotopic (exact) mass is 248 g/mol. The molecule has 0 fully saturated rings. The number of aromatic carboxylic acids is 1. The first-order valence-electron chi connectivity index (χ1n) is 5.51. The molecule has 0 aliphatic carbocycles. The van der Waals surface area contributed by atoms with Crippen molar-refractivity contribution >= 4 is 17.3 Å². The van der Waals surface area contributed by atoms with E-state index in [-0.39, 0.29) is 11.3 Å². The summed E-state index contributed by atoms with van der Waals surface area (Å²) in [7, 11) is 0. The first-order valence-corrected chi connectivity index (χ1v) is 5.51. The number of rotatable bonds is 3. The van der Waals surface area contributed by atoms with E-state index >= 15 is 0 Å². The summed E-state index contributed by atoms with van der Waals surface area (Å²) in [5.74, 6) is -1.29. The highest BCUT2D eigenvalue weighted by atomic mass is 16.6. The van der Waals surface area contributed by atoms with E-state index in [1.54, 1.807) is 6.07 Å². The van der Waals surface area contributed by atoms with Gasteiger partial charge >= 0.3 is 5.97 Å². The number of carbonyl (C=O) groups is 1. The standard InChI is InChI=1S/C12H12N2O4/c15-12(16)10-5-4-9(8-11(10)14(17)18)13-6-2-1-3-7-13/h1-2,4-5,8H,3,6-7H2,(H,15,16). The molecule has 0 bridgehead atoms. The molecule has 0 atom stereocenters. The fourth-order valence-corrected chi connectivity index (χ4v) is 1.92. The smallest absolute Gasteiger partial charge is 0.342 e. The van der Waals surface area contributed by atoms with Gasteiger partial charge in [0, 0.05) is 24.8 Å². The van der Waals surface area contributed by atoms with Gasteiger partial charge in [-0.1, -0.05) is 12.2 Å². The number of hydrogen-bond donors (Lipinski definition) is 1. The summed E-state index contributed by atoms with van der Waals surface area (Å²) in [6.45, 7) is 1.46. The van der Waals surface area contributed by atoms with Gasteiger partial charge in [-0.3, -0.25) is 10.1 Å². The van der Waals surface area contributed by atoms with E-state index < -0.39 is 10.9 Å². The van der Waals surface area contributed by atoms with Crippen LogP contribution in [-0.4, -0.2) is 29.1 Å². The first kappa shape index (κ1) is 12.1. The Labute approximate surface area is 103 Å². The first-order chi connectivity index (χ1) is 8.59. The molecule has 1 N–H and O–H groups in total. The molecule has 6 nitrogen and oxygen atoms in total. The van der Waals surface area contributed by atoms with Gasteiger partial charge in [0.2, 0.25) is 0 Å². The molecule has 1 aromatic carbocycles. The number of benzene rings is 1. The second-order valence-electron chi connectivity index (χ2n) is 3.97. The zero-order valence-corrected chi connectivity index (χ0v) is 9.57. The van der Waals surface area contributed by atoms with Gasteiger partial charge < -0.3 is 10.0 Å². The number of nitro groups is 1. The van der Waals surface area contributed by atoms with Gasteiger partial charge in [-0.05, 0) is 18.6 Å². The quantitative estimate of drug-likeness (QED) is 0.503. The van der Waals surface area contributed by atoms with Gasteiger partial charge in [0.25, 0.3) is 5.69 Å². The van der Waals surface area contributed by atoms with Crippen LogP contribution in [0.4, 0.5) is 11.4 Å². The van der Waals surface area contributed by atoms with E-state index in [0.717, 1.165) is 13.0 Å². The molecule has 0 radical (unpaired) electrons. The zero-order chi connectivity index (χ0) is 13.1. The third-order valence-electron chi connectivity index (χ3n) is 2.83. The van der Waals surface area contributed by atoms with E-state index in [4.69, 9.17) is 5.11 Å². The molecule has 1 heterocycles. The number of nitro benzene ring substituents is 1. The van der Waals surface area contributed by atoms with Crippen LogP contribution in [0.3, 0.4) is 0 Å². The maximum absolute atomic E-state index is 10.9. The molecular formula is C12H12N2O4. The number of carboxylic acids is 1. The molecule has 0 amide bonds. The highest BCUT2D eigenvalue weighted by molar-refractivity contribution is 5.93. The van der Waals surface area contributed by atoms with Crippen LogP contribution in [0, 0.1) is 10.1 Å². The van der Waals surface area contributed by atoms with Crippen molar-refractivity contribution in [1.82, 2.24) is 0 Å². The zero-order valence-electron chi connectivity index (χ0n) is 9.57. The molecule has 1 aromatic rings. The Balaban J connectivity index is 2.39. The van der Waals surface area contributed by atoms with Crippen LogP contribution in [0.1, 0.15) is 16.8 Å². The van der Waals surface area contributed by atoms with Crippen LogP contribution in [0.5, 0.6) is 0 Å². The van der Waals surface area contributed by atoms with Crippen molar-refractivity contribution in [3.05, 3.63) is 46.0 Å². The maximum atomic E-state index is 10.9. The molecule has 0 spiro atoms. The SMILES string of the molecule is O=C(O)c1ccc(N2CC=CCC2)cc1[N+](=O)[O-]. The average molecular weight is 248 g/mol. The molecule has 6 heteroatoms. The Morgan fingerprint density at radius 2 is 2.17 bits per heavy atom. The predicted molar refractivity (Wildman–Crippen MR) is 66.0 cm³/mol. The van der Waals surface area contributed by atoms with Crippen molar-refractivity contribution in [3.8, 4) is 0 Å². The van der Waals surface area contributed by atoms with Gasteiger partial charge in [0.15, 0.2) is 0 Å². The highest BCUT2D eigenvalue weighted by Crippen LogP contribution is 2.26. The lowest BCUT2D eigenvalue weighted by atomic mass is 10.1. The molecule has 2 rings (SSSR count). The van der Waals surface area contributed by atoms with E-state index in [9.17, 15) is 14.9 Å². The molecule has 0 saturated heterocycles. The Bertz CT molecular complexity index is 525. The Hall–Kier alpha value is -2.37. The third-order valence-corrected chi connectivity index (χ3v) is 2.83. The lowest BCUT2D eigenvalue weighted by Crippen LogP contribution is -2.26. The summed E-state index contributed by atoms with van der Waals surface area (Å²) in [4.78, 5) is 23.1. The van der Waals surface area contributed by atoms with Gasteiger partial charge in [0.1, 0.15) is 5.56 Å². The lowest BCUT2D eigenvalue weighted by molar-refractivity contribution is -0.385. The van der Waals surface area contributed by atoms with E-state index in [1.165, 1.54) is 12.1 Å². The lowest BCUT2D eigenvalue weighted by Gasteiger charge is -2.25. The van der Waals surface area contributed by atoms with E-state index in [1.807, 2.05) is 11.0 Å². The average Bonchev–Trinajstić information content (AvgIpc) is 2.39. The van der Waals surface area contributed by atoms with Crippen molar-refractivity contribution in [3.63, 3.8) is 0 Å². The van der Waals surface area contributed by atoms with Crippen LogP contribution < -0.4 is 4.90 Å². The summed E-state index contributed by atoms with van der Waals surface area (Å²) in [5, 5.41) is 19.8. The van der Waals surface area contributed by atoms with E-state index in [0.29, 0.717) is 12.2 Å². The minimum atomic E-state index is -1.29. The summed E-state index contributed by atoms with van der Waals surface area (Å²) < 4.78 is 0. The number of carboxylic acid groups (broad SMARTS) is 1. The maximum Gasteiger partial charge on any atom is 0.342 e. The van der Waals surface area contributed by atoms with Crippen LogP contribution >= 0.6 is 0 Å². The third kappa shape index (κ3) is 2.32. The molecular weight excluding hydrogens is 236 g/mol.